The minimum absolute atomic E-state index is 0.0644. The van der Waals surface area contributed by atoms with Gasteiger partial charge in [0, 0.05) is 23.6 Å². The van der Waals surface area contributed by atoms with Gasteiger partial charge in [-0.25, -0.2) is 17.5 Å². The summed E-state index contributed by atoms with van der Waals surface area (Å²) in [5.41, 5.74) is 1.74. The second-order valence-corrected chi connectivity index (χ2v) is 9.13. The fraction of sp³-hybridized carbons (Fsp3) is 0.500. The number of hydrogen-bond donors (Lipinski definition) is 0. The van der Waals surface area contributed by atoms with Crippen LogP contribution in [0.15, 0.2) is 35.3 Å². The van der Waals surface area contributed by atoms with E-state index in [0.29, 0.717) is 25.9 Å². The molecule has 1 aliphatic rings. The van der Waals surface area contributed by atoms with Crippen LogP contribution in [0.3, 0.4) is 0 Å². The van der Waals surface area contributed by atoms with Crippen LogP contribution in [0.5, 0.6) is 0 Å². The Balaban J connectivity index is 2.23. The fourth-order valence-electron chi connectivity index (χ4n) is 3.16. The maximum absolute atomic E-state index is 12.6. The second-order valence-electron chi connectivity index (χ2n) is 6.20. The molecule has 1 aliphatic heterocycles. The maximum Gasteiger partial charge on any atom is 0.414 e. The molecule has 6 nitrogen and oxygen atoms in total. The molecule has 144 valence electrons. The van der Waals surface area contributed by atoms with Crippen molar-refractivity contribution in [2.24, 2.45) is 0 Å². The molecule has 0 spiro atoms. The number of piperidine rings is 1. The predicted molar refractivity (Wildman–Crippen MR) is 107 cm³/mol. The summed E-state index contributed by atoms with van der Waals surface area (Å²) in [7, 11) is -3.32. The van der Waals surface area contributed by atoms with Gasteiger partial charge in [-0.1, -0.05) is 22.0 Å². The molecule has 1 fully saturated rings. The lowest BCUT2D eigenvalue weighted by Gasteiger charge is -2.37. The van der Waals surface area contributed by atoms with Gasteiger partial charge in [0.25, 0.3) is 0 Å². The van der Waals surface area contributed by atoms with E-state index in [4.69, 9.17) is 4.74 Å². The fourth-order valence-corrected chi connectivity index (χ4v) is 4.91. The highest BCUT2D eigenvalue weighted by atomic mass is 79.9. The monoisotopic (exact) mass is 444 g/mol. The van der Waals surface area contributed by atoms with Gasteiger partial charge in [0.15, 0.2) is 0 Å². The molecular weight excluding hydrogens is 420 g/mol. The minimum atomic E-state index is -3.32. The van der Waals surface area contributed by atoms with Crippen molar-refractivity contribution in [3.63, 3.8) is 0 Å². The van der Waals surface area contributed by atoms with Crippen molar-refractivity contribution < 1.29 is 17.9 Å². The Labute approximate surface area is 164 Å². The Morgan fingerprint density at radius 2 is 2.08 bits per heavy atom. The highest BCUT2D eigenvalue weighted by Gasteiger charge is 2.34. The number of halogens is 1. The van der Waals surface area contributed by atoms with Crippen molar-refractivity contribution in [1.29, 1.82) is 0 Å². The highest BCUT2D eigenvalue weighted by Crippen LogP contribution is 2.30. The summed E-state index contributed by atoms with van der Waals surface area (Å²) in [6.07, 6.45) is 2.12. The summed E-state index contributed by atoms with van der Waals surface area (Å²) in [5, 5.41) is 0. The zero-order valence-corrected chi connectivity index (χ0v) is 17.6. The number of amides is 1. The van der Waals surface area contributed by atoms with E-state index in [2.05, 4.69) is 22.5 Å². The van der Waals surface area contributed by atoms with E-state index in [1.54, 1.807) is 11.8 Å². The number of hydrogen-bond acceptors (Lipinski definition) is 4. The number of benzene rings is 1. The summed E-state index contributed by atoms with van der Waals surface area (Å²) in [6, 6.07) is 5.62. The normalized spacial score (nSPS) is 16.3. The van der Waals surface area contributed by atoms with Gasteiger partial charge in [-0.05, 0) is 50.5 Å². The molecule has 2 rings (SSSR count). The molecule has 0 atom stereocenters. The molecule has 26 heavy (non-hydrogen) atoms. The van der Waals surface area contributed by atoms with Gasteiger partial charge in [0.05, 0.1) is 18.0 Å². The van der Waals surface area contributed by atoms with Crippen molar-refractivity contribution >= 4 is 37.7 Å². The van der Waals surface area contributed by atoms with Crippen LogP contribution in [-0.4, -0.2) is 50.3 Å². The van der Waals surface area contributed by atoms with E-state index in [9.17, 15) is 13.2 Å². The first-order valence-electron chi connectivity index (χ1n) is 8.61. The van der Waals surface area contributed by atoms with E-state index in [-0.39, 0.29) is 18.4 Å². The van der Waals surface area contributed by atoms with Gasteiger partial charge < -0.3 is 4.74 Å². The van der Waals surface area contributed by atoms with Gasteiger partial charge in [-0.2, -0.15) is 0 Å². The number of carbonyl (C=O) groups is 1. The molecule has 0 bridgehead atoms. The van der Waals surface area contributed by atoms with Crippen molar-refractivity contribution in [1.82, 2.24) is 4.31 Å². The van der Waals surface area contributed by atoms with E-state index in [1.165, 1.54) is 10.4 Å². The first-order chi connectivity index (χ1) is 12.3. The predicted octanol–water partition coefficient (Wildman–Crippen LogP) is 3.70. The quantitative estimate of drug-likeness (QED) is 0.627. The summed E-state index contributed by atoms with van der Waals surface area (Å²) in [4.78, 5) is 14.3. The van der Waals surface area contributed by atoms with Crippen LogP contribution < -0.4 is 4.90 Å². The van der Waals surface area contributed by atoms with Gasteiger partial charge in [-0.3, -0.25) is 4.90 Å². The van der Waals surface area contributed by atoms with Gasteiger partial charge in [-0.15, -0.1) is 6.58 Å². The number of rotatable bonds is 6. The zero-order chi connectivity index (χ0) is 19.3. The summed E-state index contributed by atoms with van der Waals surface area (Å²) in [6.45, 7) is 8.27. The average Bonchev–Trinajstić information content (AvgIpc) is 2.58. The second kappa shape index (κ2) is 9.01. The Hall–Kier alpha value is -1.38. The van der Waals surface area contributed by atoms with Gasteiger partial charge in [0.2, 0.25) is 10.0 Å². The lowest BCUT2D eigenvalue weighted by molar-refractivity contribution is 0.154. The minimum Gasteiger partial charge on any atom is -0.449 e. The van der Waals surface area contributed by atoms with Crippen LogP contribution in [0.4, 0.5) is 10.5 Å². The van der Waals surface area contributed by atoms with Crippen LogP contribution in [0, 0.1) is 6.92 Å². The van der Waals surface area contributed by atoms with E-state index in [0.717, 1.165) is 15.7 Å². The molecule has 0 radical (unpaired) electrons. The van der Waals surface area contributed by atoms with Crippen LogP contribution in [-0.2, 0) is 14.8 Å². The largest absolute Gasteiger partial charge is 0.449 e. The standard InChI is InChI=1S/C18H25BrN2O4S/c1-4-12-26(23,24)20-10-8-16(9-11-20)21(18(22)25-5-2)17-7-6-15(19)13-14(17)3/h4,6-7,13,16H,1,5,8-12H2,2-3H3. The van der Waals surface area contributed by atoms with Gasteiger partial charge >= 0.3 is 6.09 Å². The van der Waals surface area contributed by atoms with E-state index in [1.807, 2.05) is 25.1 Å². The molecule has 0 N–H and O–H groups in total. The molecule has 1 amide bonds. The third-order valence-electron chi connectivity index (χ3n) is 4.39. The molecule has 1 aromatic carbocycles. The van der Waals surface area contributed by atoms with Crippen LogP contribution >= 0.6 is 15.9 Å². The molecule has 8 heteroatoms. The summed E-state index contributed by atoms with van der Waals surface area (Å²) < 4.78 is 32.1. The van der Waals surface area contributed by atoms with E-state index >= 15 is 0 Å². The molecule has 0 saturated carbocycles. The topological polar surface area (TPSA) is 66.9 Å². The van der Waals surface area contributed by atoms with E-state index < -0.39 is 16.1 Å². The molecule has 1 heterocycles. The van der Waals surface area contributed by atoms with Crippen LogP contribution in [0.25, 0.3) is 0 Å². The summed E-state index contributed by atoms with van der Waals surface area (Å²) >= 11 is 3.44. The lowest BCUT2D eigenvalue weighted by atomic mass is 10.0. The number of anilines is 1. The van der Waals surface area contributed by atoms with Crippen molar-refractivity contribution in [3.8, 4) is 0 Å². The Morgan fingerprint density at radius 3 is 2.62 bits per heavy atom. The maximum atomic E-state index is 12.6. The molecule has 0 aliphatic carbocycles. The smallest absolute Gasteiger partial charge is 0.414 e. The SMILES string of the molecule is C=CCS(=O)(=O)N1CCC(N(C(=O)OCC)c2ccc(Br)cc2C)CC1. The zero-order valence-electron chi connectivity index (χ0n) is 15.2. The number of sulfonamides is 1. The Bertz CT molecular complexity index is 758. The highest BCUT2D eigenvalue weighted by molar-refractivity contribution is 9.10. The average molecular weight is 445 g/mol. The third-order valence-corrected chi connectivity index (χ3v) is 6.70. The molecule has 0 unspecified atom stereocenters. The lowest BCUT2D eigenvalue weighted by Crippen LogP contribution is -2.49. The number of aryl methyl sites for hydroxylation is 1. The Kier molecular flexibility index (Phi) is 7.25. The van der Waals surface area contributed by atoms with Gasteiger partial charge in [0.1, 0.15) is 0 Å². The number of ether oxygens (including phenoxy) is 1. The van der Waals surface area contributed by atoms with Crippen molar-refractivity contribution in [3.05, 3.63) is 40.9 Å². The molecule has 1 aromatic rings. The molecule has 0 aromatic heterocycles. The number of carbonyl (C=O) groups excluding carboxylic acids is 1. The van der Waals surface area contributed by atoms with Crippen molar-refractivity contribution in [2.75, 3.05) is 30.3 Å². The van der Waals surface area contributed by atoms with Crippen LogP contribution in [0.1, 0.15) is 25.3 Å². The number of nitrogens with zero attached hydrogens (tertiary/aromatic N) is 2. The molecular formula is C18H25BrN2O4S. The third kappa shape index (κ3) is 4.86. The first-order valence-corrected chi connectivity index (χ1v) is 11.0. The summed E-state index contributed by atoms with van der Waals surface area (Å²) in [5.74, 6) is -0.0644. The first kappa shape index (κ1) is 20.9. The molecule has 1 saturated heterocycles. The Morgan fingerprint density at radius 1 is 1.42 bits per heavy atom. The van der Waals surface area contributed by atoms with Crippen LogP contribution in [0.2, 0.25) is 0 Å². The van der Waals surface area contributed by atoms with Crippen molar-refractivity contribution in [2.45, 2.75) is 32.7 Å².